The lowest BCUT2D eigenvalue weighted by Gasteiger charge is -2.21. The molecular weight excluding hydrogens is 262 g/mol. The molecule has 1 saturated carbocycles. The zero-order valence-electron chi connectivity index (χ0n) is 13.0. The molecule has 1 aromatic carbocycles. The standard InChI is InChI=1S/C17H27N3O/c1-2-10-20(13-14-8-9-14)11-4-7-17(21)19-16-6-3-5-15(18)12-16/h3,5-6,12,14H,2,4,7-11,13,18H2,1H3,(H,19,21). The molecule has 1 aromatic rings. The van der Waals surface area contributed by atoms with Gasteiger partial charge in [0.2, 0.25) is 5.91 Å². The molecule has 116 valence electrons. The predicted octanol–water partition coefficient (Wildman–Crippen LogP) is 3.11. The smallest absolute Gasteiger partial charge is 0.224 e. The summed E-state index contributed by atoms with van der Waals surface area (Å²) < 4.78 is 0. The second kappa shape index (κ2) is 8.03. The first-order valence-corrected chi connectivity index (χ1v) is 8.05. The average molecular weight is 289 g/mol. The van der Waals surface area contributed by atoms with Crippen molar-refractivity contribution in [2.45, 2.75) is 39.0 Å². The number of anilines is 2. The summed E-state index contributed by atoms with van der Waals surface area (Å²) in [5.74, 6) is 0.987. The molecule has 2 rings (SSSR count). The Balaban J connectivity index is 1.67. The molecule has 1 fully saturated rings. The second-order valence-electron chi connectivity index (χ2n) is 6.02. The number of benzene rings is 1. The van der Waals surface area contributed by atoms with E-state index in [0.29, 0.717) is 12.1 Å². The van der Waals surface area contributed by atoms with Crippen molar-refractivity contribution < 1.29 is 4.79 Å². The van der Waals surface area contributed by atoms with Crippen LogP contribution in [0.1, 0.15) is 39.0 Å². The molecule has 0 spiro atoms. The fourth-order valence-corrected chi connectivity index (χ4v) is 2.58. The number of nitrogens with zero attached hydrogens (tertiary/aromatic N) is 1. The second-order valence-corrected chi connectivity index (χ2v) is 6.02. The SMILES string of the molecule is CCCN(CCCC(=O)Nc1cccc(N)c1)CC1CC1. The van der Waals surface area contributed by atoms with Crippen molar-refractivity contribution in [3.63, 3.8) is 0 Å². The largest absolute Gasteiger partial charge is 0.399 e. The average Bonchev–Trinajstić information content (AvgIpc) is 3.23. The van der Waals surface area contributed by atoms with E-state index in [-0.39, 0.29) is 5.91 Å². The van der Waals surface area contributed by atoms with E-state index in [2.05, 4.69) is 17.1 Å². The van der Waals surface area contributed by atoms with Gasteiger partial charge in [0.1, 0.15) is 0 Å². The van der Waals surface area contributed by atoms with Gasteiger partial charge in [-0.2, -0.15) is 0 Å². The van der Waals surface area contributed by atoms with Crippen LogP contribution in [0.15, 0.2) is 24.3 Å². The van der Waals surface area contributed by atoms with Crippen molar-refractivity contribution in [2.75, 3.05) is 30.7 Å². The Kier molecular flexibility index (Phi) is 6.05. The number of amides is 1. The van der Waals surface area contributed by atoms with Gasteiger partial charge in [-0.05, 0) is 62.9 Å². The van der Waals surface area contributed by atoms with Crippen LogP contribution >= 0.6 is 0 Å². The van der Waals surface area contributed by atoms with E-state index < -0.39 is 0 Å². The van der Waals surface area contributed by atoms with Gasteiger partial charge < -0.3 is 16.0 Å². The highest BCUT2D eigenvalue weighted by Gasteiger charge is 2.23. The van der Waals surface area contributed by atoms with Crippen LogP contribution in [0.25, 0.3) is 0 Å². The van der Waals surface area contributed by atoms with Crippen molar-refractivity contribution in [3.8, 4) is 0 Å². The number of carbonyl (C=O) groups excluding carboxylic acids is 1. The van der Waals surface area contributed by atoms with Crippen LogP contribution in [0.3, 0.4) is 0 Å². The first-order chi connectivity index (χ1) is 10.2. The van der Waals surface area contributed by atoms with E-state index in [0.717, 1.165) is 31.1 Å². The summed E-state index contributed by atoms with van der Waals surface area (Å²) in [7, 11) is 0. The number of rotatable bonds is 9. The van der Waals surface area contributed by atoms with Crippen molar-refractivity contribution >= 4 is 17.3 Å². The fourth-order valence-electron chi connectivity index (χ4n) is 2.58. The van der Waals surface area contributed by atoms with Gasteiger partial charge in [-0.15, -0.1) is 0 Å². The molecule has 3 N–H and O–H groups in total. The van der Waals surface area contributed by atoms with Crippen LogP contribution in [0.2, 0.25) is 0 Å². The molecule has 0 heterocycles. The third-order valence-corrected chi connectivity index (χ3v) is 3.80. The third-order valence-electron chi connectivity index (χ3n) is 3.80. The summed E-state index contributed by atoms with van der Waals surface area (Å²) in [6.07, 6.45) is 5.44. The zero-order chi connectivity index (χ0) is 15.1. The lowest BCUT2D eigenvalue weighted by atomic mass is 10.2. The number of nitrogens with two attached hydrogens (primary N) is 1. The Bertz CT molecular complexity index is 457. The molecule has 4 heteroatoms. The normalized spacial score (nSPS) is 14.4. The molecule has 4 nitrogen and oxygen atoms in total. The minimum absolute atomic E-state index is 0.0727. The van der Waals surface area contributed by atoms with E-state index in [9.17, 15) is 4.79 Å². The van der Waals surface area contributed by atoms with Crippen LogP contribution in [0, 0.1) is 5.92 Å². The Morgan fingerprint density at radius 3 is 2.86 bits per heavy atom. The molecule has 0 aromatic heterocycles. The lowest BCUT2D eigenvalue weighted by molar-refractivity contribution is -0.116. The van der Waals surface area contributed by atoms with Crippen molar-refractivity contribution in [1.82, 2.24) is 4.90 Å². The van der Waals surface area contributed by atoms with Gasteiger partial charge in [0.15, 0.2) is 0 Å². The Hall–Kier alpha value is -1.55. The van der Waals surface area contributed by atoms with Crippen LogP contribution < -0.4 is 11.1 Å². The third kappa shape index (κ3) is 6.17. The van der Waals surface area contributed by atoms with Crippen LogP contribution in [-0.4, -0.2) is 30.4 Å². The van der Waals surface area contributed by atoms with Gasteiger partial charge in [0.05, 0.1) is 0 Å². The molecule has 0 aliphatic heterocycles. The quantitative estimate of drug-likeness (QED) is 0.687. The van der Waals surface area contributed by atoms with E-state index in [1.165, 1.54) is 25.8 Å². The number of hydrogen-bond donors (Lipinski definition) is 2. The lowest BCUT2D eigenvalue weighted by Crippen LogP contribution is -2.28. The van der Waals surface area contributed by atoms with Crippen molar-refractivity contribution in [1.29, 1.82) is 0 Å². The first-order valence-electron chi connectivity index (χ1n) is 8.05. The molecule has 0 saturated heterocycles. The van der Waals surface area contributed by atoms with Crippen LogP contribution in [-0.2, 0) is 4.79 Å². The van der Waals surface area contributed by atoms with Gasteiger partial charge in [-0.25, -0.2) is 0 Å². The molecule has 1 aliphatic rings. The molecule has 0 atom stereocenters. The highest BCUT2D eigenvalue weighted by molar-refractivity contribution is 5.91. The predicted molar refractivity (Wildman–Crippen MR) is 88.2 cm³/mol. The van der Waals surface area contributed by atoms with Crippen molar-refractivity contribution in [3.05, 3.63) is 24.3 Å². The van der Waals surface area contributed by atoms with Gasteiger partial charge in [0, 0.05) is 24.3 Å². The van der Waals surface area contributed by atoms with Gasteiger partial charge in [-0.1, -0.05) is 13.0 Å². The number of hydrogen-bond acceptors (Lipinski definition) is 3. The Labute approximate surface area is 127 Å². The topological polar surface area (TPSA) is 58.4 Å². The molecule has 0 bridgehead atoms. The molecule has 0 unspecified atom stereocenters. The maximum absolute atomic E-state index is 11.9. The monoisotopic (exact) mass is 289 g/mol. The van der Waals surface area contributed by atoms with E-state index in [1.807, 2.05) is 18.2 Å². The van der Waals surface area contributed by atoms with Gasteiger partial charge in [-0.3, -0.25) is 4.79 Å². The van der Waals surface area contributed by atoms with Gasteiger partial charge >= 0.3 is 0 Å². The number of carbonyl (C=O) groups is 1. The van der Waals surface area contributed by atoms with E-state index >= 15 is 0 Å². The van der Waals surface area contributed by atoms with Crippen LogP contribution in [0.4, 0.5) is 11.4 Å². The van der Waals surface area contributed by atoms with Gasteiger partial charge in [0.25, 0.3) is 0 Å². The Morgan fingerprint density at radius 2 is 2.19 bits per heavy atom. The molecule has 1 aliphatic carbocycles. The summed E-state index contributed by atoms with van der Waals surface area (Å²) in [5.41, 5.74) is 7.16. The fraction of sp³-hybridized carbons (Fsp3) is 0.588. The minimum atomic E-state index is 0.0727. The number of nitrogens with one attached hydrogen (secondary N) is 1. The molecular formula is C17H27N3O. The highest BCUT2D eigenvalue weighted by atomic mass is 16.1. The van der Waals surface area contributed by atoms with Crippen molar-refractivity contribution in [2.24, 2.45) is 5.92 Å². The molecule has 0 radical (unpaired) electrons. The highest BCUT2D eigenvalue weighted by Crippen LogP contribution is 2.29. The maximum Gasteiger partial charge on any atom is 0.224 e. The summed E-state index contributed by atoms with van der Waals surface area (Å²) in [4.78, 5) is 14.4. The van der Waals surface area contributed by atoms with E-state index in [1.54, 1.807) is 6.07 Å². The summed E-state index contributed by atoms with van der Waals surface area (Å²) >= 11 is 0. The summed E-state index contributed by atoms with van der Waals surface area (Å²) in [6.45, 7) is 5.60. The van der Waals surface area contributed by atoms with E-state index in [4.69, 9.17) is 5.73 Å². The number of nitrogen functional groups attached to an aromatic ring is 1. The molecule has 21 heavy (non-hydrogen) atoms. The summed E-state index contributed by atoms with van der Waals surface area (Å²) in [5, 5.41) is 2.90. The van der Waals surface area contributed by atoms with Crippen LogP contribution in [0.5, 0.6) is 0 Å². The molecule has 1 amide bonds. The maximum atomic E-state index is 11.9. The first kappa shape index (κ1) is 15.8. The zero-order valence-corrected chi connectivity index (χ0v) is 13.0. The summed E-state index contributed by atoms with van der Waals surface area (Å²) in [6, 6.07) is 7.32. The Morgan fingerprint density at radius 1 is 1.38 bits per heavy atom. The minimum Gasteiger partial charge on any atom is -0.399 e.